The highest BCUT2D eigenvalue weighted by molar-refractivity contribution is 6.00. The van der Waals surface area contributed by atoms with Crippen molar-refractivity contribution in [2.75, 3.05) is 0 Å². The molecule has 0 aliphatic heterocycles. The summed E-state index contributed by atoms with van der Waals surface area (Å²) in [5.74, 6) is 1.20. The molecule has 0 amide bonds. The number of rotatable bonds is 2. The molecule has 1 saturated carbocycles. The molecule has 1 aliphatic rings. The van der Waals surface area contributed by atoms with Gasteiger partial charge in [0.15, 0.2) is 5.78 Å². The summed E-state index contributed by atoms with van der Waals surface area (Å²) < 4.78 is 0. The van der Waals surface area contributed by atoms with Crippen LogP contribution in [0.1, 0.15) is 53.2 Å². The van der Waals surface area contributed by atoms with Crippen LogP contribution in [-0.4, -0.2) is 5.78 Å². The number of carbonyl (C=O) groups excluding carboxylic acids is 1. The number of Topliss-reactive ketones (excluding diaryl/α,β-unsaturated/α-hetero) is 1. The second kappa shape index (κ2) is 4.64. The number of ketones is 1. The molecule has 1 aliphatic carbocycles. The molecule has 1 aromatic carbocycles. The average molecular weight is 230 g/mol. The lowest BCUT2D eigenvalue weighted by Gasteiger charge is -2.17. The number of benzene rings is 1. The predicted octanol–water partition coefficient (Wildman–Crippen LogP) is 4.23. The lowest BCUT2D eigenvalue weighted by molar-refractivity contribution is 0.0896. The first kappa shape index (κ1) is 12.3. The van der Waals surface area contributed by atoms with Gasteiger partial charge in [0, 0.05) is 11.5 Å². The summed E-state index contributed by atoms with van der Waals surface area (Å²) in [4.78, 5) is 12.6. The van der Waals surface area contributed by atoms with Gasteiger partial charge in [0.2, 0.25) is 0 Å². The molecule has 1 nitrogen and oxygen atoms in total. The molecule has 0 bridgehead atoms. The first-order chi connectivity index (χ1) is 8.00. The van der Waals surface area contributed by atoms with Gasteiger partial charge in [0.05, 0.1) is 0 Å². The Balaban J connectivity index is 2.37. The van der Waals surface area contributed by atoms with E-state index >= 15 is 0 Å². The molecule has 2 rings (SSSR count). The van der Waals surface area contributed by atoms with Crippen molar-refractivity contribution in [3.05, 3.63) is 34.4 Å². The molecular formula is C16H22O. The van der Waals surface area contributed by atoms with E-state index in [2.05, 4.69) is 39.8 Å². The normalized spacial score (nSPS) is 24.0. The number of aryl methyl sites for hydroxylation is 3. The van der Waals surface area contributed by atoms with Gasteiger partial charge < -0.3 is 0 Å². The quantitative estimate of drug-likeness (QED) is 0.695. The smallest absolute Gasteiger partial charge is 0.166 e. The lowest BCUT2D eigenvalue weighted by Crippen LogP contribution is -2.19. The van der Waals surface area contributed by atoms with E-state index in [4.69, 9.17) is 0 Å². The van der Waals surface area contributed by atoms with Crippen molar-refractivity contribution in [1.29, 1.82) is 0 Å². The fraction of sp³-hybridized carbons (Fsp3) is 0.562. The predicted molar refractivity (Wildman–Crippen MR) is 71.5 cm³/mol. The number of hydrogen-bond acceptors (Lipinski definition) is 1. The maximum Gasteiger partial charge on any atom is 0.166 e. The first-order valence-corrected chi connectivity index (χ1v) is 6.62. The minimum Gasteiger partial charge on any atom is -0.294 e. The second-order valence-electron chi connectivity index (χ2n) is 5.65. The first-order valence-electron chi connectivity index (χ1n) is 6.62. The van der Waals surface area contributed by atoms with Gasteiger partial charge >= 0.3 is 0 Å². The van der Waals surface area contributed by atoms with Crippen LogP contribution in [0.3, 0.4) is 0 Å². The van der Waals surface area contributed by atoms with E-state index in [0.717, 1.165) is 23.1 Å². The molecule has 2 unspecified atom stereocenters. The van der Waals surface area contributed by atoms with Crippen LogP contribution < -0.4 is 0 Å². The van der Waals surface area contributed by atoms with Crippen molar-refractivity contribution in [3.8, 4) is 0 Å². The van der Waals surface area contributed by atoms with Crippen molar-refractivity contribution in [2.45, 2.75) is 47.0 Å². The topological polar surface area (TPSA) is 17.1 Å². The second-order valence-corrected chi connectivity index (χ2v) is 5.65. The third kappa shape index (κ3) is 2.29. The van der Waals surface area contributed by atoms with E-state index in [9.17, 15) is 4.79 Å². The molecule has 0 aromatic heterocycles. The number of hydrogen-bond donors (Lipinski definition) is 0. The highest BCUT2D eigenvalue weighted by Gasteiger charge is 2.31. The Morgan fingerprint density at radius 1 is 1.12 bits per heavy atom. The van der Waals surface area contributed by atoms with E-state index in [1.807, 2.05) is 0 Å². The minimum atomic E-state index is 0.259. The molecule has 2 atom stereocenters. The van der Waals surface area contributed by atoms with E-state index < -0.39 is 0 Å². The van der Waals surface area contributed by atoms with Crippen LogP contribution in [-0.2, 0) is 0 Å². The summed E-state index contributed by atoms with van der Waals surface area (Å²) >= 11 is 0. The molecule has 0 heterocycles. The molecule has 1 aromatic rings. The maximum absolute atomic E-state index is 12.6. The van der Waals surface area contributed by atoms with Crippen molar-refractivity contribution >= 4 is 5.78 Å². The average Bonchev–Trinajstić information content (AvgIpc) is 2.62. The monoisotopic (exact) mass is 230 g/mol. The van der Waals surface area contributed by atoms with E-state index in [0.29, 0.717) is 11.7 Å². The Kier molecular flexibility index (Phi) is 3.37. The van der Waals surface area contributed by atoms with E-state index in [1.54, 1.807) is 0 Å². The molecule has 17 heavy (non-hydrogen) atoms. The van der Waals surface area contributed by atoms with Crippen LogP contribution in [0.25, 0.3) is 0 Å². The Hall–Kier alpha value is -1.11. The fourth-order valence-corrected chi connectivity index (χ4v) is 3.29. The van der Waals surface area contributed by atoms with E-state index in [-0.39, 0.29) is 5.92 Å². The van der Waals surface area contributed by atoms with Gasteiger partial charge in [-0.1, -0.05) is 31.0 Å². The van der Waals surface area contributed by atoms with Crippen LogP contribution in [0.4, 0.5) is 0 Å². The van der Waals surface area contributed by atoms with E-state index in [1.165, 1.54) is 18.4 Å². The van der Waals surface area contributed by atoms with Crippen molar-refractivity contribution < 1.29 is 4.79 Å². The maximum atomic E-state index is 12.6. The molecule has 0 N–H and O–H groups in total. The zero-order valence-electron chi connectivity index (χ0n) is 11.3. The van der Waals surface area contributed by atoms with Crippen molar-refractivity contribution in [3.63, 3.8) is 0 Å². The summed E-state index contributed by atoms with van der Waals surface area (Å²) in [7, 11) is 0. The van der Waals surface area contributed by atoms with Gasteiger partial charge in [-0.2, -0.15) is 0 Å². The van der Waals surface area contributed by atoms with Crippen LogP contribution in [0.2, 0.25) is 0 Å². The summed E-state index contributed by atoms with van der Waals surface area (Å²) in [6.07, 6.45) is 3.49. The van der Waals surface area contributed by atoms with Gasteiger partial charge in [-0.3, -0.25) is 4.79 Å². The third-order valence-corrected chi connectivity index (χ3v) is 4.12. The fourth-order valence-electron chi connectivity index (χ4n) is 3.29. The van der Waals surface area contributed by atoms with Gasteiger partial charge in [0.1, 0.15) is 0 Å². The zero-order valence-corrected chi connectivity index (χ0v) is 11.3. The highest BCUT2D eigenvalue weighted by Crippen LogP contribution is 2.35. The molecule has 0 saturated heterocycles. The molecular weight excluding hydrogens is 208 g/mol. The Bertz CT molecular complexity index is 422. The highest BCUT2D eigenvalue weighted by atomic mass is 16.1. The molecule has 1 heteroatoms. The summed E-state index contributed by atoms with van der Waals surface area (Å²) in [6, 6.07) is 4.25. The van der Waals surface area contributed by atoms with Crippen LogP contribution in [0, 0.1) is 32.6 Å². The molecule has 0 radical (unpaired) electrons. The lowest BCUT2D eigenvalue weighted by atomic mass is 9.85. The van der Waals surface area contributed by atoms with Gasteiger partial charge in [-0.25, -0.2) is 0 Å². The molecule has 1 fully saturated rings. The van der Waals surface area contributed by atoms with Crippen molar-refractivity contribution in [1.82, 2.24) is 0 Å². The van der Waals surface area contributed by atoms with Gasteiger partial charge in [-0.15, -0.1) is 0 Å². The standard InChI is InChI=1S/C16H22O/c1-10-8-12(3)15(13(4)9-10)16(17)14-7-5-6-11(14)2/h8-9,11,14H,5-7H2,1-4H3. The van der Waals surface area contributed by atoms with Gasteiger partial charge in [-0.05, 0) is 50.7 Å². The molecule has 92 valence electrons. The Morgan fingerprint density at radius 3 is 2.18 bits per heavy atom. The summed E-state index contributed by atoms with van der Waals surface area (Å²) in [6.45, 7) is 8.43. The Labute approximate surface area is 104 Å². The van der Waals surface area contributed by atoms with Crippen molar-refractivity contribution in [2.24, 2.45) is 11.8 Å². The zero-order chi connectivity index (χ0) is 12.6. The summed E-state index contributed by atoms with van der Waals surface area (Å²) in [5, 5.41) is 0. The minimum absolute atomic E-state index is 0.259. The molecule has 0 spiro atoms. The Morgan fingerprint density at radius 2 is 1.71 bits per heavy atom. The summed E-state index contributed by atoms with van der Waals surface area (Å²) in [5.41, 5.74) is 4.52. The number of carbonyl (C=O) groups is 1. The van der Waals surface area contributed by atoms with Crippen LogP contribution in [0.15, 0.2) is 12.1 Å². The third-order valence-electron chi connectivity index (χ3n) is 4.12. The largest absolute Gasteiger partial charge is 0.294 e. The van der Waals surface area contributed by atoms with Crippen LogP contribution >= 0.6 is 0 Å². The SMILES string of the molecule is Cc1cc(C)c(C(=O)C2CCCC2C)c(C)c1. The van der Waals surface area contributed by atoms with Gasteiger partial charge in [0.25, 0.3) is 0 Å². The van der Waals surface area contributed by atoms with Crippen LogP contribution in [0.5, 0.6) is 0 Å².